The number of pyridine rings is 1. The fourth-order valence-electron chi connectivity index (χ4n) is 4.21. The highest BCUT2D eigenvalue weighted by atomic mass is 35.5. The zero-order valence-electron chi connectivity index (χ0n) is 19.8. The molecule has 9 nitrogen and oxygen atoms in total. The lowest BCUT2D eigenvalue weighted by molar-refractivity contribution is 0.0829. The highest BCUT2D eigenvalue weighted by molar-refractivity contribution is 6.30. The summed E-state index contributed by atoms with van der Waals surface area (Å²) >= 11 is 5.84. The lowest BCUT2D eigenvalue weighted by atomic mass is 9.93. The molecule has 2 aromatic heterocycles. The van der Waals surface area contributed by atoms with E-state index in [1.165, 1.54) is 0 Å². The zero-order valence-corrected chi connectivity index (χ0v) is 20.6. The molecule has 0 saturated carbocycles. The molecule has 0 atom stereocenters. The van der Waals surface area contributed by atoms with Crippen molar-refractivity contribution in [1.82, 2.24) is 21.3 Å². The Bertz CT molecular complexity index is 1560. The molecular weight excluding hydrogens is 494 g/mol. The Labute approximate surface area is 216 Å². The number of nitrogens with one attached hydrogen (secondary N) is 3. The van der Waals surface area contributed by atoms with Crippen molar-refractivity contribution in [2.45, 2.75) is 26.2 Å². The number of halogens is 1. The molecule has 4 aromatic rings. The first-order chi connectivity index (χ1) is 17.9. The van der Waals surface area contributed by atoms with Crippen molar-refractivity contribution in [3.8, 4) is 0 Å². The van der Waals surface area contributed by atoms with Gasteiger partial charge in [0.05, 0.1) is 11.2 Å². The molecule has 37 heavy (non-hydrogen) atoms. The van der Waals surface area contributed by atoms with Crippen LogP contribution in [0.2, 0.25) is 5.02 Å². The van der Waals surface area contributed by atoms with E-state index in [1.807, 2.05) is 30.3 Å². The summed E-state index contributed by atoms with van der Waals surface area (Å²) in [6, 6.07) is 17.3. The van der Waals surface area contributed by atoms with Crippen molar-refractivity contribution in [2.24, 2.45) is 5.10 Å². The Hall–Kier alpha value is -4.50. The monoisotopic (exact) mass is 515 g/mol. The summed E-state index contributed by atoms with van der Waals surface area (Å²) in [6.07, 6.45) is 1.98. The number of para-hydroxylation sites is 1. The van der Waals surface area contributed by atoms with E-state index in [4.69, 9.17) is 16.0 Å². The number of aromatic nitrogens is 1. The van der Waals surface area contributed by atoms with E-state index in [0.717, 1.165) is 11.8 Å². The van der Waals surface area contributed by atoms with E-state index < -0.39 is 17.7 Å². The van der Waals surface area contributed by atoms with Crippen LogP contribution in [0, 0.1) is 6.92 Å². The standard InChI is InChI=1S/C27H22ClN5O4/c1-15-23-20(30-32-26(35)21-14-11-16-5-2-3-6-19(16)29-21)7-4-8-22(23)37-24(15)27(36)33-31-25(34)17-9-12-18(28)13-10-17/h2-3,5-6,9-14H,4,7-8H2,1H3,(H,31,34)(H,32,35)(H,33,36)/b30-20+. The van der Waals surface area contributed by atoms with Gasteiger partial charge in [0, 0.05) is 33.5 Å². The highest BCUT2D eigenvalue weighted by Crippen LogP contribution is 2.29. The molecule has 0 aliphatic heterocycles. The Morgan fingerprint density at radius 1 is 0.919 bits per heavy atom. The van der Waals surface area contributed by atoms with Gasteiger partial charge in [-0.1, -0.05) is 35.9 Å². The molecule has 0 unspecified atom stereocenters. The molecule has 1 aliphatic carbocycles. The lowest BCUT2D eigenvalue weighted by Crippen LogP contribution is -2.41. The first-order valence-corrected chi connectivity index (χ1v) is 12.0. The first-order valence-electron chi connectivity index (χ1n) is 11.6. The van der Waals surface area contributed by atoms with Crippen molar-refractivity contribution in [2.75, 3.05) is 0 Å². The molecule has 0 radical (unpaired) electrons. The zero-order chi connectivity index (χ0) is 25.9. The second-order valence-corrected chi connectivity index (χ2v) is 8.95. The molecule has 186 valence electrons. The molecule has 0 bridgehead atoms. The molecule has 0 spiro atoms. The number of hydrazine groups is 1. The Balaban J connectivity index is 1.30. The summed E-state index contributed by atoms with van der Waals surface area (Å²) in [6.45, 7) is 1.74. The van der Waals surface area contributed by atoms with Gasteiger partial charge in [0.15, 0.2) is 5.76 Å². The van der Waals surface area contributed by atoms with Crippen molar-refractivity contribution in [3.05, 3.63) is 99.6 Å². The van der Waals surface area contributed by atoms with Crippen LogP contribution in [0.5, 0.6) is 0 Å². The van der Waals surface area contributed by atoms with Gasteiger partial charge in [-0.15, -0.1) is 0 Å². The van der Waals surface area contributed by atoms with Crippen LogP contribution in [0.25, 0.3) is 10.9 Å². The normalized spacial score (nSPS) is 13.7. The number of rotatable bonds is 4. The van der Waals surface area contributed by atoms with Crippen LogP contribution in [-0.2, 0) is 6.42 Å². The van der Waals surface area contributed by atoms with Crippen LogP contribution in [0.1, 0.15) is 61.1 Å². The minimum atomic E-state index is -0.599. The van der Waals surface area contributed by atoms with Crippen molar-refractivity contribution in [3.63, 3.8) is 0 Å². The van der Waals surface area contributed by atoms with Gasteiger partial charge in [0.1, 0.15) is 11.5 Å². The molecule has 0 fully saturated rings. The number of carbonyl (C=O) groups is 3. The van der Waals surface area contributed by atoms with Gasteiger partial charge in [-0.25, -0.2) is 10.4 Å². The summed E-state index contributed by atoms with van der Waals surface area (Å²) in [5.74, 6) is -0.855. The third-order valence-corrected chi connectivity index (χ3v) is 6.30. The average Bonchev–Trinajstić information content (AvgIpc) is 3.27. The van der Waals surface area contributed by atoms with Gasteiger partial charge in [0.25, 0.3) is 11.8 Å². The number of amides is 3. The van der Waals surface area contributed by atoms with Crippen LogP contribution in [0.15, 0.2) is 70.2 Å². The minimum absolute atomic E-state index is 0.0681. The maximum absolute atomic E-state index is 12.8. The summed E-state index contributed by atoms with van der Waals surface area (Å²) in [5, 5.41) is 5.78. The first kappa shape index (κ1) is 24.2. The quantitative estimate of drug-likeness (QED) is 0.349. The van der Waals surface area contributed by atoms with E-state index in [2.05, 4.69) is 26.4 Å². The van der Waals surface area contributed by atoms with E-state index in [1.54, 1.807) is 37.3 Å². The third kappa shape index (κ3) is 5.07. The number of hydrazone groups is 1. The molecule has 3 amide bonds. The molecule has 2 aromatic carbocycles. The fraction of sp³-hybridized carbons (Fsp3) is 0.148. The van der Waals surface area contributed by atoms with Gasteiger partial charge >= 0.3 is 5.91 Å². The van der Waals surface area contributed by atoms with Crippen molar-refractivity contribution in [1.29, 1.82) is 0 Å². The van der Waals surface area contributed by atoms with Crippen molar-refractivity contribution < 1.29 is 18.8 Å². The number of furan rings is 1. The topological polar surface area (TPSA) is 126 Å². The predicted octanol–water partition coefficient (Wildman–Crippen LogP) is 4.33. The van der Waals surface area contributed by atoms with Gasteiger partial charge < -0.3 is 4.42 Å². The minimum Gasteiger partial charge on any atom is -0.455 e. The summed E-state index contributed by atoms with van der Waals surface area (Å²) < 4.78 is 5.84. The van der Waals surface area contributed by atoms with Crippen LogP contribution >= 0.6 is 11.6 Å². The molecule has 0 saturated heterocycles. The maximum atomic E-state index is 12.8. The van der Waals surface area contributed by atoms with Crippen LogP contribution in [0.4, 0.5) is 0 Å². The fourth-order valence-corrected chi connectivity index (χ4v) is 4.33. The second-order valence-electron chi connectivity index (χ2n) is 8.51. The Morgan fingerprint density at radius 3 is 2.49 bits per heavy atom. The van der Waals surface area contributed by atoms with E-state index >= 15 is 0 Å². The van der Waals surface area contributed by atoms with E-state index in [-0.39, 0.29) is 11.5 Å². The molecule has 5 rings (SSSR count). The van der Waals surface area contributed by atoms with Crippen LogP contribution < -0.4 is 16.3 Å². The van der Waals surface area contributed by atoms with Gasteiger partial charge in [-0.05, 0) is 56.2 Å². The van der Waals surface area contributed by atoms with Gasteiger partial charge in [0.2, 0.25) is 0 Å². The number of nitrogens with zero attached hydrogens (tertiary/aromatic N) is 2. The van der Waals surface area contributed by atoms with Crippen LogP contribution in [0.3, 0.4) is 0 Å². The van der Waals surface area contributed by atoms with Gasteiger partial charge in [-0.2, -0.15) is 5.10 Å². The Morgan fingerprint density at radius 2 is 1.68 bits per heavy atom. The van der Waals surface area contributed by atoms with Crippen LogP contribution in [-0.4, -0.2) is 28.4 Å². The molecule has 3 N–H and O–H groups in total. The predicted molar refractivity (Wildman–Crippen MR) is 139 cm³/mol. The number of benzene rings is 2. The van der Waals surface area contributed by atoms with Crippen molar-refractivity contribution >= 4 is 45.9 Å². The maximum Gasteiger partial charge on any atom is 0.305 e. The smallest absolute Gasteiger partial charge is 0.305 e. The molecule has 2 heterocycles. The largest absolute Gasteiger partial charge is 0.455 e. The second kappa shape index (κ2) is 10.2. The number of carbonyl (C=O) groups excluding carboxylic acids is 3. The number of fused-ring (bicyclic) bond motifs is 2. The molecule has 1 aliphatic rings. The average molecular weight is 516 g/mol. The molecule has 10 heteroatoms. The Kier molecular flexibility index (Phi) is 6.70. The van der Waals surface area contributed by atoms with Gasteiger partial charge in [-0.3, -0.25) is 25.2 Å². The molecular formula is C27H22ClN5O4. The number of aryl methyl sites for hydroxylation is 1. The lowest BCUT2D eigenvalue weighted by Gasteiger charge is -2.13. The SMILES string of the molecule is Cc1c(C(=O)NNC(=O)c2ccc(Cl)cc2)oc2c1/C(=N/NC(=O)c1ccc3ccccc3n1)CCC2. The highest BCUT2D eigenvalue weighted by Gasteiger charge is 2.28. The summed E-state index contributed by atoms with van der Waals surface area (Å²) in [4.78, 5) is 42.2. The van der Waals surface area contributed by atoms with E-state index in [9.17, 15) is 14.4 Å². The third-order valence-electron chi connectivity index (χ3n) is 6.05. The van der Waals surface area contributed by atoms with E-state index in [0.29, 0.717) is 51.5 Å². The number of hydrogen-bond donors (Lipinski definition) is 3. The summed E-state index contributed by atoms with van der Waals surface area (Å²) in [5.41, 5.74) is 10.5. The number of hydrogen-bond acceptors (Lipinski definition) is 6. The summed E-state index contributed by atoms with van der Waals surface area (Å²) in [7, 11) is 0.